The van der Waals surface area contributed by atoms with Crippen molar-refractivity contribution in [3.63, 3.8) is 0 Å². The Bertz CT molecular complexity index is 698. The largest absolute Gasteiger partial charge is 0.497 e. The molecular weight excluding hydrogens is 308 g/mol. The summed E-state index contributed by atoms with van der Waals surface area (Å²) in [6.07, 6.45) is 0.156. The second kappa shape index (κ2) is 8.57. The van der Waals surface area contributed by atoms with E-state index in [1.165, 1.54) is 0 Å². The molecule has 6 heteroatoms. The summed E-state index contributed by atoms with van der Waals surface area (Å²) >= 11 is 0. The number of aryl methyl sites for hydroxylation is 1. The minimum Gasteiger partial charge on any atom is -0.497 e. The molecule has 0 saturated carbocycles. The van der Waals surface area contributed by atoms with Crippen LogP contribution in [0.1, 0.15) is 11.1 Å². The summed E-state index contributed by atoms with van der Waals surface area (Å²) in [5, 5.41) is 0. The lowest BCUT2D eigenvalue weighted by atomic mass is 10.1. The van der Waals surface area contributed by atoms with Crippen LogP contribution in [0, 0.1) is 6.92 Å². The molecule has 2 aromatic rings. The molecule has 0 aliphatic heterocycles. The summed E-state index contributed by atoms with van der Waals surface area (Å²) in [6.45, 7) is 1.76. The Balaban J connectivity index is 1.71. The van der Waals surface area contributed by atoms with Crippen LogP contribution in [0.2, 0.25) is 0 Å². The Morgan fingerprint density at radius 1 is 0.958 bits per heavy atom. The molecule has 0 fully saturated rings. The van der Waals surface area contributed by atoms with Crippen LogP contribution >= 0.6 is 0 Å². The molecule has 6 nitrogen and oxygen atoms in total. The van der Waals surface area contributed by atoms with Crippen LogP contribution in [0.15, 0.2) is 48.5 Å². The lowest BCUT2D eigenvalue weighted by Gasteiger charge is -2.09. The van der Waals surface area contributed by atoms with E-state index < -0.39 is 5.91 Å². The number of carbonyl (C=O) groups is 2. The van der Waals surface area contributed by atoms with Gasteiger partial charge in [0.15, 0.2) is 6.61 Å². The van der Waals surface area contributed by atoms with E-state index in [0.29, 0.717) is 5.75 Å². The Kier molecular flexibility index (Phi) is 6.19. The van der Waals surface area contributed by atoms with Gasteiger partial charge in [-0.3, -0.25) is 20.4 Å². The van der Waals surface area contributed by atoms with Gasteiger partial charge in [0.25, 0.3) is 5.91 Å². The van der Waals surface area contributed by atoms with Crippen LogP contribution in [0.25, 0.3) is 0 Å². The summed E-state index contributed by atoms with van der Waals surface area (Å²) in [5.41, 5.74) is 6.54. The van der Waals surface area contributed by atoms with E-state index in [1.807, 2.05) is 25.1 Å². The van der Waals surface area contributed by atoms with Gasteiger partial charge in [-0.2, -0.15) is 0 Å². The van der Waals surface area contributed by atoms with Gasteiger partial charge < -0.3 is 9.47 Å². The van der Waals surface area contributed by atoms with Crippen LogP contribution in [0.3, 0.4) is 0 Å². The number of hydrogen-bond acceptors (Lipinski definition) is 4. The van der Waals surface area contributed by atoms with Gasteiger partial charge in [0.05, 0.1) is 13.5 Å². The van der Waals surface area contributed by atoms with Gasteiger partial charge >= 0.3 is 0 Å². The van der Waals surface area contributed by atoms with Gasteiger partial charge in [-0.15, -0.1) is 0 Å². The van der Waals surface area contributed by atoms with Gasteiger partial charge in [-0.25, -0.2) is 0 Å². The molecule has 0 unspecified atom stereocenters. The van der Waals surface area contributed by atoms with E-state index in [1.54, 1.807) is 37.4 Å². The lowest BCUT2D eigenvalue weighted by Crippen LogP contribution is -2.44. The minimum atomic E-state index is -0.431. The molecule has 0 saturated heterocycles. The topological polar surface area (TPSA) is 76.7 Å². The summed E-state index contributed by atoms with van der Waals surface area (Å²) in [7, 11) is 1.58. The van der Waals surface area contributed by atoms with Crippen molar-refractivity contribution in [2.45, 2.75) is 13.3 Å². The van der Waals surface area contributed by atoms with Crippen LogP contribution in [-0.4, -0.2) is 25.5 Å². The molecule has 2 amide bonds. The molecule has 0 heterocycles. The van der Waals surface area contributed by atoms with E-state index in [4.69, 9.17) is 9.47 Å². The molecule has 2 aromatic carbocycles. The number of methoxy groups -OCH3 is 1. The fourth-order valence-corrected chi connectivity index (χ4v) is 2.00. The highest BCUT2D eigenvalue weighted by atomic mass is 16.5. The first-order valence-electron chi connectivity index (χ1n) is 7.47. The van der Waals surface area contributed by atoms with Gasteiger partial charge in [0, 0.05) is 0 Å². The number of amides is 2. The Labute approximate surface area is 140 Å². The van der Waals surface area contributed by atoms with Gasteiger partial charge in [0.1, 0.15) is 11.5 Å². The fourth-order valence-electron chi connectivity index (χ4n) is 2.00. The third kappa shape index (κ3) is 5.64. The van der Waals surface area contributed by atoms with E-state index in [-0.39, 0.29) is 18.9 Å². The molecule has 126 valence electrons. The molecular formula is C18H20N2O4. The predicted octanol–water partition coefficient (Wildman–Crippen LogP) is 1.77. The zero-order valence-corrected chi connectivity index (χ0v) is 13.7. The van der Waals surface area contributed by atoms with Crippen LogP contribution in [0.5, 0.6) is 11.5 Å². The number of hydrogen-bond donors (Lipinski definition) is 2. The Morgan fingerprint density at radius 3 is 2.33 bits per heavy atom. The second-order valence-corrected chi connectivity index (χ2v) is 5.23. The molecule has 2 N–H and O–H groups in total. The smallest absolute Gasteiger partial charge is 0.276 e. The standard InChI is InChI=1S/C18H20N2O4/c1-13-4-3-5-16(10-13)24-12-18(22)20-19-17(21)11-14-6-8-15(23-2)9-7-14/h3-10H,11-12H2,1-2H3,(H,19,21)(H,20,22). The van der Waals surface area contributed by atoms with Crippen molar-refractivity contribution in [1.82, 2.24) is 10.9 Å². The minimum absolute atomic E-state index is 0.156. The molecule has 0 aliphatic rings. The van der Waals surface area contributed by atoms with E-state index in [2.05, 4.69) is 10.9 Å². The molecule has 2 rings (SSSR count). The highest BCUT2D eigenvalue weighted by Gasteiger charge is 2.07. The SMILES string of the molecule is COc1ccc(CC(=O)NNC(=O)COc2cccc(C)c2)cc1. The number of rotatable bonds is 6. The zero-order valence-electron chi connectivity index (χ0n) is 13.7. The van der Waals surface area contributed by atoms with Crippen molar-refractivity contribution in [1.29, 1.82) is 0 Å². The van der Waals surface area contributed by atoms with Crippen molar-refractivity contribution in [3.8, 4) is 11.5 Å². The highest BCUT2D eigenvalue weighted by Crippen LogP contribution is 2.12. The van der Waals surface area contributed by atoms with Gasteiger partial charge in [-0.05, 0) is 42.3 Å². The normalized spacial score (nSPS) is 9.92. The van der Waals surface area contributed by atoms with Crippen molar-refractivity contribution in [2.75, 3.05) is 13.7 Å². The lowest BCUT2D eigenvalue weighted by molar-refractivity contribution is -0.129. The van der Waals surface area contributed by atoms with E-state index in [0.717, 1.165) is 16.9 Å². The maximum atomic E-state index is 11.8. The molecule has 0 radical (unpaired) electrons. The van der Waals surface area contributed by atoms with Crippen LogP contribution < -0.4 is 20.3 Å². The van der Waals surface area contributed by atoms with Crippen molar-refractivity contribution >= 4 is 11.8 Å². The monoisotopic (exact) mass is 328 g/mol. The highest BCUT2D eigenvalue weighted by molar-refractivity contribution is 5.83. The Morgan fingerprint density at radius 2 is 1.67 bits per heavy atom. The van der Waals surface area contributed by atoms with Crippen molar-refractivity contribution in [2.24, 2.45) is 0 Å². The molecule has 0 bridgehead atoms. The van der Waals surface area contributed by atoms with Gasteiger partial charge in [0.2, 0.25) is 5.91 Å². The first kappa shape index (κ1) is 17.3. The molecule has 0 spiro atoms. The molecule has 0 aliphatic carbocycles. The fraction of sp³-hybridized carbons (Fsp3) is 0.222. The maximum Gasteiger partial charge on any atom is 0.276 e. The zero-order chi connectivity index (χ0) is 17.4. The van der Waals surface area contributed by atoms with Gasteiger partial charge in [-0.1, -0.05) is 24.3 Å². The quantitative estimate of drug-likeness (QED) is 0.793. The molecule has 24 heavy (non-hydrogen) atoms. The Hall–Kier alpha value is -3.02. The number of ether oxygens (including phenoxy) is 2. The van der Waals surface area contributed by atoms with Crippen LogP contribution in [-0.2, 0) is 16.0 Å². The van der Waals surface area contributed by atoms with Crippen molar-refractivity contribution in [3.05, 3.63) is 59.7 Å². The summed E-state index contributed by atoms with van der Waals surface area (Å²) in [5.74, 6) is 0.583. The first-order valence-corrected chi connectivity index (χ1v) is 7.47. The number of nitrogens with one attached hydrogen (secondary N) is 2. The number of hydrazine groups is 1. The van der Waals surface area contributed by atoms with Crippen LogP contribution in [0.4, 0.5) is 0 Å². The third-order valence-corrected chi connectivity index (χ3v) is 3.22. The van der Waals surface area contributed by atoms with E-state index >= 15 is 0 Å². The molecule has 0 aromatic heterocycles. The average Bonchev–Trinajstić information content (AvgIpc) is 2.59. The third-order valence-electron chi connectivity index (χ3n) is 3.22. The first-order chi connectivity index (χ1) is 11.6. The predicted molar refractivity (Wildman–Crippen MR) is 89.7 cm³/mol. The maximum absolute atomic E-state index is 11.8. The number of carbonyl (C=O) groups excluding carboxylic acids is 2. The number of benzene rings is 2. The average molecular weight is 328 g/mol. The molecule has 0 atom stereocenters. The van der Waals surface area contributed by atoms with Crippen molar-refractivity contribution < 1.29 is 19.1 Å². The summed E-state index contributed by atoms with van der Waals surface area (Å²) < 4.78 is 10.4. The van der Waals surface area contributed by atoms with E-state index in [9.17, 15) is 9.59 Å². The summed E-state index contributed by atoms with van der Waals surface area (Å²) in [4.78, 5) is 23.5. The second-order valence-electron chi connectivity index (χ2n) is 5.23. The summed E-state index contributed by atoms with van der Waals surface area (Å²) in [6, 6.07) is 14.5.